The number of carbonyl (C=O) groups excluding carboxylic acids is 1. The summed E-state index contributed by atoms with van der Waals surface area (Å²) in [7, 11) is 0. The zero-order chi connectivity index (χ0) is 21.9. The molecule has 4 aromatic rings. The highest BCUT2D eigenvalue weighted by molar-refractivity contribution is 5.97. The third-order valence-corrected chi connectivity index (χ3v) is 5.82. The first-order valence-electron chi connectivity index (χ1n) is 10.8. The van der Waals surface area contributed by atoms with Crippen molar-refractivity contribution in [2.45, 2.75) is 31.9 Å². The number of carbonyl (C=O) groups is 1. The Morgan fingerprint density at radius 1 is 1.12 bits per heavy atom. The first-order valence-corrected chi connectivity index (χ1v) is 10.8. The maximum atomic E-state index is 12.2. The van der Waals surface area contributed by atoms with Gasteiger partial charge in [0.25, 0.3) is 0 Å². The second-order valence-corrected chi connectivity index (χ2v) is 7.93. The van der Waals surface area contributed by atoms with Crippen molar-refractivity contribution in [1.82, 2.24) is 19.5 Å². The lowest BCUT2D eigenvalue weighted by atomic mass is 9.96. The van der Waals surface area contributed by atoms with Crippen LogP contribution in [0, 0.1) is 6.42 Å². The molecular weight excluding hydrogens is 402 g/mol. The van der Waals surface area contributed by atoms with E-state index in [1.54, 1.807) is 12.4 Å². The lowest BCUT2D eigenvalue weighted by Gasteiger charge is -2.23. The molecule has 1 fully saturated rings. The minimum absolute atomic E-state index is 0.0624. The molecule has 1 aliphatic rings. The molecule has 0 spiro atoms. The van der Waals surface area contributed by atoms with Gasteiger partial charge in [-0.1, -0.05) is 42.5 Å². The van der Waals surface area contributed by atoms with E-state index < -0.39 is 5.91 Å². The number of fused-ring (bicyclic) bond motifs is 1. The predicted octanol–water partition coefficient (Wildman–Crippen LogP) is 4.09. The Hall–Kier alpha value is -3.58. The Balaban J connectivity index is 1.48. The van der Waals surface area contributed by atoms with Gasteiger partial charge in [-0.15, -0.1) is 0 Å². The number of hydrogen-bond acceptors (Lipinski definition) is 5. The van der Waals surface area contributed by atoms with Gasteiger partial charge < -0.3 is 10.5 Å². The molecule has 7 nitrogen and oxygen atoms in total. The minimum atomic E-state index is -0.474. The van der Waals surface area contributed by atoms with E-state index in [1.807, 2.05) is 41.3 Å². The van der Waals surface area contributed by atoms with Crippen molar-refractivity contribution >= 4 is 17.1 Å². The van der Waals surface area contributed by atoms with Gasteiger partial charge in [0.1, 0.15) is 23.8 Å². The molecule has 2 aromatic heterocycles. The topological polar surface area (TPSA) is 95.9 Å². The quantitative estimate of drug-likeness (QED) is 0.501. The van der Waals surface area contributed by atoms with Crippen LogP contribution in [0.5, 0.6) is 0 Å². The van der Waals surface area contributed by atoms with Crippen LogP contribution in [-0.4, -0.2) is 32.0 Å². The van der Waals surface area contributed by atoms with E-state index in [0.29, 0.717) is 23.2 Å². The average Bonchev–Trinajstić information content (AvgIpc) is 3.28. The summed E-state index contributed by atoms with van der Waals surface area (Å²) in [6, 6.07) is 15.7. The second kappa shape index (κ2) is 8.88. The summed E-state index contributed by atoms with van der Waals surface area (Å²) in [6.07, 6.45) is 9.08. The Morgan fingerprint density at radius 3 is 2.78 bits per heavy atom. The lowest BCUT2D eigenvalue weighted by Crippen LogP contribution is -2.17. The highest BCUT2D eigenvalue weighted by Crippen LogP contribution is 2.30. The van der Waals surface area contributed by atoms with Gasteiger partial charge in [-0.2, -0.15) is 0 Å². The van der Waals surface area contributed by atoms with Crippen LogP contribution in [0.15, 0.2) is 61.2 Å². The van der Waals surface area contributed by atoms with Crippen LogP contribution in [-0.2, 0) is 11.2 Å². The lowest BCUT2D eigenvalue weighted by molar-refractivity contribution is -0.0298. The van der Waals surface area contributed by atoms with Crippen molar-refractivity contribution in [3.63, 3.8) is 0 Å². The van der Waals surface area contributed by atoms with Crippen LogP contribution in [0.4, 0.5) is 0 Å². The Kier molecular flexibility index (Phi) is 5.64. The van der Waals surface area contributed by atoms with Gasteiger partial charge in [-0.05, 0) is 49.3 Å². The van der Waals surface area contributed by atoms with Crippen molar-refractivity contribution in [2.24, 2.45) is 5.73 Å². The molecule has 32 heavy (non-hydrogen) atoms. The summed E-state index contributed by atoms with van der Waals surface area (Å²) in [5, 5.41) is 0. The van der Waals surface area contributed by atoms with E-state index in [1.165, 1.54) is 11.9 Å². The monoisotopic (exact) mass is 426 g/mol. The van der Waals surface area contributed by atoms with E-state index in [4.69, 9.17) is 10.5 Å². The van der Waals surface area contributed by atoms with Crippen molar-refractivity contribution in [1.29, 1.82) is 0 Å². The maximum absolute atomic E-state index is 12.2. The number of rotatable bonds is 6. The molecule has 1 saturated heterocycles. The average molecular weight is 427 g/mol. The minimum Gasteiger partial charge on any atom is -0.366 e. The molecule has 1 unspecified atom stereocenters. The number of ether oxygens (including phenoxy) is 1. The number of nitrogens with two attached hydrogens (primary N) is 1. The van der Waals surface area contributed by atoms with Gasteiger partial charge in [0.2, 0.25) is 5.91 Å². The van der Waals surface area contributed by atoms with Crippen LogP contribution in [0.1, 0.15) is 47.0 Å². The molecule has 0 aliphatic carbocycles. The Morgan fingerprint density at radius 2 is 2.00 bits per heavy atom. The van der Waals surface area contributed by atoms with Crippen LogP contribution in [0.25, 0.3) is 22.4 Å². The van der Waals surface area contributed by atoms with Crippen molar-refractivity contribution in [2.75, 3.05) is 6.61 Å². The molecule has 1 amide bonds. The fraction of sp³-hybridized carbons (Fsp3) is 0.240. The maximum Gasteiger partial charge on any atom is 0.249 e. The van der Waals surface area contributed by atoms with Crippen LogP contribution < -0.4 is 5.73 Å². The standard InChI is InChI=1S/C25H24N5O2/c26-24(31)20-14-19(12-11-18(20)10-9-17-6-2-1-3-7-17)22-23-25(28-15-27-22)30(16-29-23)21-8-4-5-13-32-21/h1-3,6-7,10-12,14-16,21H,4-5,8-9,13H2,(H2,26,31). The van der Waals surface area contributed by atoms with Gasteiger partial charge in [0, 0.05) is 17.7 Å². The predicted molar refractivity (Wildman–Crippen MR) is 122 cm³/mol. The number of benzene rings is 2. The van der Waals surface area contributed by atoms with Gasteiger partial charge in [-0.25, -0.2) is 15.0 Å². The number of primary amides is 1. The zero-order valence-corrected chi connectivity index (χ0v) is 17.6. The molecule has 3 heterocycles. The zero-order valence-electron chi connectivity index (χ0n) is 17.6. The highest BCUT2D eigenvalue weighted by atomic mass is 16.5. The number of aromatic nitrogens is 4. The first kappa shape index (κ1) is 20.3. The van der Waals surface area contributed by atoms with Crippen LogP contribution in [0.2, 0.25) is 0 Å². The molecule has 1 radical (unpaired) electrons. The van der Waals surface area contributed by atoms with Gasteiger partial charge >= 0.3 is 0 Å². The summed E-state index contributed by atoms with van der Waals surface area (Å²) >= 11 is 0. The number of nitrogens with zero attached hydrogens (tertiary/aromatic N) is 4. The summed E-state index contributed by atoms with van der Waals surface area (Å²) in [5.41, 5.74) is 11.0. The molecule has 1 atom stereocenters. The van der Waals surface area contributed by atoms with Crippen molar-refractivity contribution in [3.8, 4) is 11.3 Å². The first-order chi connectivity index (χ1) is 15.7. The van der Waals surface area contributed by atoms with Crippen molar-refractivity contribution < 1.29 is 9.53 Å². The summed E-state index contributed by atoms with van der Waals surface area (Å²) in [6.45, 7) is 0.741. The summed E-state index contributed by atoms with van der Waals surface area (Å²) in [5.74, 6) is -0.474. The number of imidazole rings is 1. The molecule has 7 heteroatoms. The SMILES string of the molecule is NC(=O)c1cc(-c2ncnc3c2ncn3C2CCCCO2)ccc1[CH]Cc1ccccc1. The van der Waals surface area contributed by atoms with Gasteiger partial charge in [-0.3, -0.25) is 9.36 Å². The Labute approximate surface area is 186 Å². The molecule has 1 aliphatic heterocycles. The third kappa shape index (κ3) is 3.99. The van der Waals surface area contributed by atoms with Crippen LogP contribution >= 0.6 is 0 Å². The molecule has 0 saturated carbocycles. The third-order valence-electron chi connectivity index (χ3n) is 5.82. The molecule has 2 N–H and O–H groups in total. The van der Waals surface area contributed by atoms with Crippen LogP contribution in [0.3, 0.4) is 0 Å². The summed E-state index contributed by atoms with van der Waals surface area (Å²) in [4.78, 5) is 25.7. The Bertz CT molecular complexity index is 1250. The number of hydrogen-bond donors (Lipinski definition) is 1. The molecule has 0 bridgehead atoms. The van der Waals surface area contributed by atoms with E-state index in [2.05, 4.69) is 27.1 Å². The van der Waals surface area contributed by atoms with E-state index in [9.17, 15) is 4.79 Å². The van der Waals surface area contributed by atoms with E-state index in [-0.39, 0.29) is 6.23 Å². The molecular formula is C25H24N5O2. The van der Waals surface area contributed by atoms with E-state index in [0.717, 1.165) is 42.6 Å². The largest absolute Gasteiger partial charge is 0.366 e. The van der Waals surface area contributed by atoms with E-state index >= 15 is 0 Å². The smallest absolute Gasteiger partial charge is 0.249 e. The second-order valence-electron chi connectivity index (χ2n) is 7.93. The molecule has 5 rings (SSSR count). The number of amides is 1. The normalized spacial score (nSPS) is 16.3. The highest BCUT2D eigenvalue weighted by Gasteiger charge is 2.21. The molecule has 2 aromatic carbocycles. The van der Waals surface area contributed by atoms with Gasteiger partial charge in [0.05, 0.1) is 6.33 Å². The molecule has 161 valence electrons. The van der Waals surface area contributed by atoms with Crippen molar-refractivity contribution in [3.05, 3.63) is 84.3 Å². The fourth-order valence-corrected chi connectivity index (χ4v) is 4.15. The fourth-order valence-electron chi connectivity index (χ4n) is 4.15. The summed E-state index contributed by atoms with van der Waals surface area (Å²) < 4.78 is 7.87. The van der Waals surface area contributed by atoms with Gasteiger partial charge in [0.15, 0.2) is 5.65 Å².